The SMILES string of the molecule is COc1cc(Cl)ccc1-c1nnc(C[C@H]2CCC[C@@H]2O)c2cnccc12.COc1cc(Cl)ccc1-c1nnc(Cl)c2cnccc12.N[C@H]1CCC[C@@H]1O. The number of nitrogens with two attached hydrogens (primary N) is 1. The van der Waals surface area contributed by atoms with Crippen LogP contribution in [0.1, 0.15) is 44.2 Å². The largest absolute Gasteiger partial charge is 0.496 e. The Labute approximate surface area is 322 Å². The molecule has 276 valence electrons. The molecule has 2 aromatic carbocycles. The lowest BCUT2D eigenvalue weighted by molar-refractivity contribution is 0.132. The molecule has 2 aliphatic carbocycles. The van der Waals surface area contributed by atoms with Gasteiger partial charge >= 0.3 is 0 Å². The Hall–Kier alpha value is -4.23. The maximum atomic E-state index is 10.2. The van der Waals surface area contributed by atoms with Gasteiger partial charge in [0.2, 0.25) is 0 Å². The number of halogens is 3. The monoisotopic (exact) mass is 775 g/mol. The number of nitrogens with zero attached hydrogens (tertiary/aromatic N) is 6. The maximum Gasteiger partial charge on any atom is 0.161 e. The molecule has 4 N–H and O–H groups in total. The van der Waals surface area contributed by atoms with Crippen LogP contribution in [0.4, 0.5) is 0 Å². The van der Waals surface area contributed by atoms with Crippen LogP contribution in [0.3, 0.4) is 0 Å². The molecule has 2 fully saturated rings. The summed E-state index contributed by atoms with van der Waals surface area (Å²) in [7, 11) is 3.20. The van der Waals surface area contributed by atoms with E-state index in [0.717, 1.165) is 82.6 Å². The molecule has 11 nitrogen and oxygen atoms in total. The molecule has 4 heterocycles. The second-order valence-corrected chi connectivity index (χ2v) is 14.2. The molecule has 2 aliphatic rings. The van der Waals surface area contributed by atoms with Crippen molar-refractivity contribution in [1.82, 2.24) is 30.4 Å². The third kappa shape index (κ3) is 8.95. The van der Waals surface area contributed by atoms with Crippen molar-refractivity contribution in [2.24, 2.45) is 11.7 Å². The van der Waals surface area contributed by atoms with E-state index in [0.29, 0.717) is 38.8 Å². The minimum absolute atomic E-state index is 0.0694. The summed E-state index contributed by atoms with van der Waals surface area (Å²) in [6.45, 7) is 0. The molecule has 0 spiro atoms. The Balaban J connectivity index is 0.000000157. The molecule has 8 rings (SSSR count). The van der Waals surface area contributed by atoms with Crippen LogP contribution in [0.15, 0.2) is 73.3 Å². The van der Waals surface area contributed by atoms with Gasteiger partial charge in [0.1, 0.15) is 22.9 Å². The van der Waals surface area contributed by atoms with Gasteiger partial charge in [-0.25, -0.2) is 0 Å². The Bertz CT molecular complexity index is 2190. The van der Waals surface area contributed by atoms with Crippen LogP contribution in [0.25, 0.3) is 44.1 Å². The number of rotatable bonds is 6. The number of hydrogen-bond acceptors (Lipinski definition) is 11. The predicted molar refractivity (Wildman–Crippen MR) is 209 cm³/mol. The van der Waals surface area contributed by atoms with E-state index >= 15 is 0 Å². The average molecular weight is 777 g/mol. The molecule has 0 radical (unpaired) electrons. The van der Waals surface area contributed by atoms with E-state index in [2.05, 4.69) is 30.4 Å². The van der Waals surface area contributed by atoms with Gasteiger partial charge in [-0.1, -0.05) is 41.2 Å². The quantitative estimate of drug-likeness (QED) is 0.151. The minimum atomic E-state index is -0.250. The standard InChI is InChI=1S/C20H20ClN3O2.C14H9Cl2N3O.C5H11NO/c1-26-19-10-13(21)5-6-15(19)20-14-7-8-22-11-16(14)17(23-24-20)9-12-3-2-4-18(12)25;1-20-12-6-8(15)2-3-10(12)13-9-4-5-17-7-11(9)14(16)19-18-13;6-4-2-1-3-5(4)7/h5-8,10-12,18,25H,2-4,9H2,1H3;2-7H,1H3;4-5,7H,1-3,6H2/t12-,18+;;4-,5-/m1.0/s1. The van der Waals surface area contributed by atoms with E-state index in [1.54, 1.807) is 51.0 Å². The summed E-state index contributed by atoms with van der Waals surface area (Å²) < 4.78 is 10.8. The second kappa shape index (κ2) is 17.7. The molecule has 4 aromatic heterocycles. The van der Waals surface area contributed by atoms with Crippen LogP contribution >= 0.6 is 34.8 Å². The first-order chi connectivity index (χ1) is 25.7. The summed E-state index contributed by atoms with van der Waals surface area (Å²) in [4.78, 5) is 8.34. The van der Waals surface area contributed by atoms with Gasteiger partial charge in [-0.05, 0) is 93.0 Å². The molecule has 53 heavy (non-hydrogen) atoms. The van der Waals surface area contributed by atoms with Gasteiger partial charge in [0.25, 0.3) is 0 Å². The lowest BCUT2D eigenvalue weighted by Crippen LogP contribution is -2.28. The third-order valence-electron chi connectivity index (χ3n) is 9.64. The van der Waals surface area contributed by atoms with E-state index in [4.69, 9.17) is 55.1 Å². The van der Waals surface area contributed by atoms with Crippen LogP contribution in [0, 0.1) is 5.92 Å². The van der Waals surface area contributed by atoms with Crippen LogP contribution in [0.5, 0.6) is 11.5 Å². The first-order valence-electron chi connectivity index (χ1n) is 17.3. The fourth-order valence-corrected chi connectivity index (χ4v) is 7.27. The Morgan fingerprint density at radius 2 is 1.21 bits per heavy atom. The van der Waals surface area contributed by atoms with Crippen LogP contribution < -0.4 is 15.2 Å². The topological polar surface area (TPSA) is 162 Å². The molecule has 0 unspecified atom stereocenters. The van der Waals surface area contributed by atoms with Gasteiger partial charge < -0.3 is 25.4 Å². The van der Waals surface area contributed by atoms with Crippen molar-refractivity contribution in [3.05, 3.63) is 94.2 Å². The number of pyridine rings is 2. The highest BCUT2D eigenvalue weighted by Gasteiger charge is 2.27. The molecule has 14 heteroatoms. The van der Waals surface area contributed by atoms with Crippen molar-refractivity contribution in [2.75, 3.05) is 14.2 Å². The van der Waals surface area contributed by atoms with E-state index < -0.39 is 0 Å². The van der Waals surface area contributed by atoms with Crippen molar-refractivity contribution in [2.45, 2.75) is 63.2 Å². The summed E-state index contributed by atoms with van der Waals surface area (Å²) in [6.07, 6.45) is 13.2. The van der Waals surface area contributed by atoms with Gasteiger partial charge in [-0.3, -0.25) is 9.97 Å². The van der Waals surface area contributed by atoms with E-state index in [9.17, 15) is 5.11 Å². The number of fused-ring (bicyclic) bond motifs is 2. The average Bonchev–Trinajstić information content (AvgIpc) is 3.77. The molecule has 0 aliphatic heterocycles. The number of benzene rings is 2. The second-order valence-electron chi connectivity index (χ2n) is 13.0. The minimum Gasteiger partial charge on any atom is -0.496 e. The molecule has 0 bridgehead atoms. The zero-order chi connectivity index (χ0) is 37.5. The number of hydrogen-bond donors (Lipinski definition) is 3. The van der Waals surface area contributed by atoms with Crippen molar-refractivity contribution < 1.29 is 19.7 Å². The lowest BCUT2D eigenvalue weighted by Gasteiger charge is -2.16. The zero-order valence-corrected chi connectivity index (χ0v) is 31.6. The highest BCUT2D eigenvalue weighted by atomic mass is 35.5. The number of aliphatic hydroxyl groups excluding tert-OH is 2. The summed E-state index contributed by atoms with van der Waals surface area (Å²) in [5.41, 5.74) is 9.38. The van der Waals surface area contributed by atoms with Gasteiger partial charge in [0.05, 0.1) is 32.1 Å². The smallest absolute Gasteiger partial charge is 0.161 e. The molecule has 6 aromatic rings. The summed E-state index contributed by atoms with van der Waals surface area (Å²) in [6, 6.07) is 14.7. The Kier molecular flexibility index (Phi) is 12.9. The predicted octanol–water partition coefficient (Wildman–Crippen LogP) is 7.92. The van der Waals surface area contributed by atoms with Crippen LogP contribution in [0.2, 0.25) is 15.2 Å². The first kappa shape index (κ1) is 38.5. The zero-order valence-electron chi connectivity index (χ0n) is 29.3. The van der Waals surface area contributed by atoms with Crippen molar-refractivity contribution in [3.8, 4) is 34.0 Å². The summed E-state index contributed by atoms with van der Waals surface area (Å²) >= 11 is 18.1. The highest BCUT2D eigenvalue weighted by molar-refractivity contribution is 6.34. The number of methoxy groups -OCH3 is 2. The van der Waals surface area contributed by atoms with E-state index in [-0.39, 0.29) is 24.2 Å². The fourth-order valence-electron chi connectivity index (χ4n) is 6.76. The van der Waals surface area contributed by atoms with E-state index in [1.165, 1.54) is 0 Å². The molecule has 4 atom stereocenters. The summed E-state index contributed by atoms with van der Waals surface area (Å²) in [5.74, 6) is 1.53. The van der Waals surface area contributed by atoms with Crippen molar-refractivity contribution >= 4 is 56.3 Å². The summed E-state index contributed by atoms with van der Waals surface area (Å²) in [5, 5.41) is 41.2. The molecule has 2 saturated carbocycles. The normalized spacial score (nSPS) is 19.3. The van der Waals surface area contributed by atoms with Crippen molar-refractivity contribution in [1.29, 1.82) is 0 Å². The highest BCUT2D eigenvalue weighted by Crippen LogP contribution is 2.38. The fraction of sp³-hybridized carbons (Fsp3) is 0.333. The van der Waals surface area contributed by atoms with Crippen molar-refractivity contribution in [3.63, 3.8) is 0 Å². The number of aliphatic hydroxyl groups is 2. The van der Waals surface area contributed by atoms with Gasteiger partial charge in [-0.2, -0.15) is 5.10 Å². The maximum absolute atomic E-state index is 10.2. The molecule has 0 amide bonds. The molecular weight excluding hydrogens is 737 g/mol. The van der Waals surface area contributed by atoms with Gasteiger partial charge in [0, 0.05) is 73.5 Å². The Morgan fingerprint density at radius 3 is 1.72 bits per heavy atom. The lowest BCUT2D eigenvalue weighted by atomic mass is 9.96. The first-order valence-corrected chi connectivity index (χ1v) is 18.5. The Morgan fingerprint density at radius 1 is 0.660 bits per heavy atom. The third-order valence-corrected chi connectivity index (χ3v) is 10.4. The van der Waals surface area contributed by atoms with E-state index in [1.807, 2.05) is 36.5 Å². The molecule has 0 saturated heterocycles. The van der Waals surface area contributed by atoms with Gasteiger partial charge in [-0.15, -0.1) is 15.3 Å². The number of ether oxygens (including phenoxy) is 2. The van der Waals surface area contributed by atoms with Crippen LogP contribution in [-0.2, 0) is 6.42 Å². The van der Waals surface area contributed by atoms with Crippen LogP contribution in [-0.4, -0.2) is 73.0 Å². The molecular formula is C39H40Cl3N7O4. The number of aromatic nitrogens is 6. The van der Waals surface area contributed by atoms with Gasteiger partial charge in [0.15, 0.2) is 5.15 Å².